The second-order valence-electron chi connectivity index (χ2n) is 3.68. The van der Waals surface area contributed by atoms with Gasteiger partial charge in [-0.05, 0) is 34.1 Å². The predicted molar refractivity (Wildman–Crippen MR) is 70.4 cm³/mol. The van der Waals surface area contributed by atoms with Crippen molar-refractivity contribution in [1.29, 1.82) is 0 Å². The number of Topliss-reactive ketones (excluding diaryl/α,β-unsaturated/α-hetero) is 1. The maximum absolute atomic E-state index is 12.1. The lowest BCUT2D eigenvalue weighted by Crippen LogP contribution is -2.08. The molecule has 0 unspecified atom stereocenters. The van der Waals surface area contributed by atoms with E-state index in [2.05, 4.69) is 20.9 Å². The molecule has 0 saturated carbocycles. The van der Waals surface area contributed by atoms with Crippen LogP contribution >= 0.6 is 27.5 Å². The van der Waals surface area contributed by atoms with Crippen molar-refractivity contribution in [1.82, 2.24) is 9.55 Å². The average Bonchev–Trinajstić information content (AvgIpc) is 2.64. The van der Waals surface area contributed by atoms with Gasteiger partial charge in [0.25, 0.3) is 0 Å². The Hall–Kier alpha value is -1.13. The largest absolute Gasteiger partial charge is 0.338 e. The summed E-state index contributed by atoms with van der Waals surface area (Å²) < 4.78 is 2.55. The topological polar surface area (TPSA) is 34.9 Å². The summed E-state index contributed by atoms with van der Waals surface area (Å²) in [6, 6.07) is 5.14. The molecule has 0 amide bonds. The molecule has 3 nitrogen and oxygen atoms in total. The van der Waals surface area contributed by atoms with Crippen molar-refractivity contribution in [3.63, 3.8) is 0 Å². The summed E-state index contributed by atoms with van der Waals surface area (Å²) in [5.74, 6) is 0.764. The van der Waals surface area contributed by atoms with Crippen LogP contribution in [0.25, 0.3) is 0 Å². The number of nitrogens with zero attached hydrogens (tertiary/aromatic N) is 2. The number of benzene rings is 1. The number of carbonyl (C=O) groups is 1. The first-order chi connectivity index (χ1) is 8.08. The highest BCUT2D eigenvalue weighted by Crippen LogP contribution is 2.22. The summed E-state index contributed by atoms with van der Waals surface area (Å²) in [7, 11) is 1.87. The van der Waals surface area contributed by atoms with Crippen LogP contribution in [0, 0.1) is 0 Å². The van der Waals surface area contributed by atoms with Crippen LogP contribution in [0.1, 0.15) is 16.2 Å². The van der Waals surface area contributed by atoms with E-state index in [0.717, 1.165) is 5.82 Å². The molecule has 5 heteroatoms. The third-order valence-electron chi connectivity index (χ3n) is 2.47. The van der Waals surface area contributed by atoms with Gasteiger partial charge in [-0.1, -0.05) is 11.6 Å². The van der Waals surface area contributed by atoms with Crippen LogP contribution in [0.15, 0.2) is 35.1 Å². The number of aromatic nitrogens is 2. The Balaban J connectivity index is 2.23. The third kappa shape index (κ3) is 2.76. The number of halogens is 2. The number of imidazole rings is 1. The van der Waals surface area contributed by atoms with E-state index in [4.69, 9.17) is 11.6 Å². The zero-order chi connectivity index (χ0) is 12.4. The molecule has 17 heavy (non-hydrogen) atoms. The molecule has 1 heterocycles. The number of carbonyl (C=O) groups excluding carboxylic acids is 1. The van der Waals surface area contributed by atoms with E-state index in [9.17, 15) is 4.79 Å². The minimum absolute atomic E-state index is 0.0165. The summed E-state index contributed by atoms with van der Waals surface area (Å²) >= 11 is 9.17. The molecular formula is C12H10BrClN2O. The van der Waals surface area contributed by atoms with Gasteiger partial charge in [0, 0.05) is 34.5 Å². The molecule has 0 radical (unpaired) electrons. The van der Waals surface area contributed by atoms with Crippen molar-refractivity contribution in [3.05, 3.63) is 51.5 Å². The van der Waals surface area contributed by atoms with Crippen LogP contribution in [0.4, 0.5) is 0 Å². The van der Waals surface area contributed by atoms with Crippen molar-refractivity contribution in [2.75, 3.05) is 0 Å². The molecule has 0 bridgehead atoms. The van der Waals surface area contributed by atoms with Crippen LogP contribution in [0.3, 0.4) is 0 Å². The second-order valence-corrected chi connectivity index (χ2v) is 4.97. The van der Waals surface area contributed by atoms with Gasteiger partial charge in [0.1, 0.15) is 5.82 Å². The smallest absolute Gasteiger partial charge is 0.171 e. The summed E-state index contributed by atoms with van der Waals surface area (Å²) in [4.78, 5) is 16.2. The standard InChI is InChI=1S/C12H10BrClN2O/c1-16-5-4-15-12(16)7-11(17)9-3-2-8(14)6-10(9)13/h2-6H,7H2,1H3. The lowest BCUT2D eigenvalue weighted by atomic mass is 10.1. The fourth-order valence-corrected chi connectivity index (χ4v) is 2.43. The Labute approximate surface area is 113 Å². The summed E-state index contributed by atoms with van der Waals surface area (Å²) in [5.41, 5.74) is 0.623. The minimum Gasteiger partial charge on any atom is -0.338 e. The van der Waals surface area contributed by atoms with E-state index in [-0.39, 0.29) is 12.2 Å². The van der Waals surface area contributed by atoms with Gasteiger partial charge in [-0.2, -0.15) is 0 Å². The highest BCUT2D eigenvalue weighted by Gasteiger charge is 2.13. The second kappa shape index (κ2) is 5.02. The Morgan fingerprint density at radius 1 is 1.53 bits per heavy atom. The van der Waals surface area contributed by atoms with Crippen LogP contribution in [-0.4, -0.2) is 15.3 Å². The molecule has 88 valence electrons. The number of hydrogen-bond donors (Lipinski definition) is 0. The van der Waals surface area contributed by atoms with Crippen LogP contribution in [-0.2, 0) is 13.5 Å². The molecule has 0 aliphatic heterocycles. The third-order valence-corrected chi connectivity index (χ3v) is 3.36. The summed E-state index contributed by atoms with van der Waals surface area (Å²) in [6.07, 6.45) is 3.78. The van der Waals surface area contributed by atoms with E-state index in [1.54, 1.807) is 24.4 Å². The molecule has 0 spiro atoms. The maximum Gasteiger partial charge on any atom is 0.171 e. The first-order valence-corrected chi connectivity index (χ1v) is 6.19. The molecule has 0 N–H and O–H groups in total. The molecule has 1 aromatic carbocycles. The molecule has 0 fully saturated rings. The Kier molecular flexibility index (Phi) is 3.64. The molecule has 1 aromatic heterocycles. The van der Waals surface area contributed by atoms with E-state index < -0.39 is 0 Å². The van der Waals surface area contributed by atoms with Gasteiger partial charge >= 0.3 is 0 Å². The SMILES string of the molecule is Cn1ccnc1CC(=O)c1ccc(Cl)cc1Br. The normalized spacial score (nSPS) is 10.5. The van der Waals surface area contributed by atoms with Gasteiger partial charge in [-0.3, -0.25) is 4.79 Å². The van der Waals surface area contributed by atoms with E-state index in [0.29, 0.717) is 15.1 Å². The van der Waals surface area contributed by atoms with Gasteiger partial charge in [0.2, 0.25) is 0 Å². The number of ketones is 1. The maximum atomic E-state index is 12.1. The molecule has 0 atom stereocenters. The average molecular weight is 314 g/mol. The first kappa shape index (κ1) is 12.3. The zero-order valence-electron chi connectivity index (χ0n) is 9.15. The number of rotatable bonds is 3. The van der Waals surface area contributed by atoms with E-state index in [1.165, 1.54) is 0 Å². The van der Waals surface area contributed by atoms with Gasteiger partial charge in [0.15, 0.2) is 5.78 Å². The van der Waals surface area contributed by atoms with Gasteiger partial charge in [-0.15, -0.1) is 0 Å². The number of hydrogen-bond acceptors (Lipinski definition) is 2. The van der Waals surface area contributed by atoms with Crippen molar-refractivity contribution < 1.29 is 4.79 Å². The summed E-state index contributed by atoms with van der Waals surface area (Å²) in [5, 5.41) is 0.602. The molecule has 0 saturated heterocycles. The Bertz CT molecular complexity index is 565. The molecule has 0 aliphatic carbocycles. The van der Waals surface area contributed by atoms with Crippen LogP contribution in [0.5, 0.6) is 0 Å². The van der Waals surface area contributed by atoms with E-state index >= 15 is 0 Å². The van der Waals surface area contributed by atoms with Crippen molar-refractivity contribution in [3.8, 4) is 0 Å². The molecular weight excluding hydrogens is 304 g/mol. The van der Waals surface area contributed by atoms with Crippen molar-refractivity contribution >= 4 is 33.3 Å². The zero-order valence-corrected chi connectivity index (χ0v) is 11.5. The lowest BCUT2D eigenvalue weighted by Gasteiger charge is -2.04. The Morgan fingerprint density at radius 2 is 2.29 bits per heavy atom. The summed E-state index contributed by atoms with van der Waals surface area (Å²) in [6.45, 7) is 0. The monoisotopic (exact) mass is 312 g/mol. The van der Waals surface area contributed by atoms with Crippen molar-refractivity contribution in [2.24, 2.45) is 7.05 Å². The van der Waals surface area contributed by atoms with Crippen molar-refractivity contribution in [2.45, 2.75) is 6.42 Å². The quantitative estimate of drug-likeness (QED) is 0.815. The lowest BCUT2D eigenvalue weighted by molar-refractivity contribution is 0.0989. The number of aryl methyl sites for hydroxylation is 1. The minimum atomic E-state index is 0.0165. The molecule has 2 aromatic rings. The molecule has 2 rings (SSSR count). The Morgan fingerprint density at radius 3 is 2.88 bits per heavy atom. The fourth-order valence-electron chi connectivity index (χ4n) is 1.52. The van der Waals surface area contributed by atoms with Gasteiger partial charge < -0.3 is 4.57 Å². The highest BCUT2D eigenvalue weighted by atomic mass is 79.9. The van der Waals surface area contributed by atoms with Crippen LogP contribution < -0.4 is 0 Å². The van der Waals surface area contributed by atoms with E-state index in [1.807, 2.05) is 17.8 Å². The predicted octanol–water partition coefficient (Wildman–Crippen LogP) is 3.26. The highest BCUT2D eigenvalue weighted by molar-refractivity contribution is 9.10. The van der Waals surface area contributed by atoms with Gasteiger partial charge in [-0.25, -0.2) is 4.98 Å². The fraction of sp³-hybridized carbons (Fsp3) is 0.167. The molecule has 0 aliphatic rings. The first-order valence-electron chi connectivity index (χ1n) is 5.02. The van der Waals surface area contributed by atoms with Crippen LogP contribution in [0.2, 0.25) is 5.02 Å². The van der Waals surface area contributed by atoms with Gasteiger partial charge in [0.05, 0.1) is 6.42 Å².